The van der Waals surface area contributed by atoms with Crippen LogP contribution < -0.4 is 5.32 Å². The molecule has 1 N–H and O–H groups in total. The van der Waals surface area contributed by atoms with Gasteiger partial charge in [-0.3, -0.25) is 0 Å². The number of benzene rings is 2. The van der Waals surface area contributed by atoms with Gasteiger partial charge < -0.3 is 14.6 Å². The van der Waals surface area contributed by atoms with Gasteiger partial charge in [0.05, 0.1) is 17.3 Å². The molecule has 1 heterocycles. The average molecular weight is 490 g/mol. The molecule has 4 bridgehead atoms. The van der Waals surface area contributed by atoms with Crippen molar-refractivity contribution in [2.45, 2.75) is 57.4 Å². The largest absolute Gasteiger partial charge is 0.460 e. The van der Waals surface area contributed by atoms with Gasteiger partial charge in [-0.25, -0.2) is 9.78 Å². The summed E-state index contributed by atoms with van der Waals surface area (Å²) in [7, 11) is 0. The summed E-state index contributed by atoms with van der Waals surface area (Å²) in [6, 6.07) is 14.9. The van der Waals surface area contributed by atoms with Crippen molar-refractivity contribution in [3.8, 4) is 0 Å². The Hall–Kier alpha value is -2.79. The standard InChI is InChI=1S/C29H32ClN3O2/c1-2-35-28(34)27-31-9-10-33(27)18-19-3-6-24(7-4-19)32-26-8-5-23(14-25(26)30)29-15-20-11-21(16-29)13-22(12-20)17-29/h3-10,14,20-22,32H,2,11-13,15-18H2,1H3. The number of esters is 1. The Bertz CT molecular complexity index is 1200. The van der Waals surface area contributed by atoms with Crippen molar-refractivity contribution in [3.63, 3.8) is 0 Å². The summed E-state index contributed by atoms with van der Waals surface area (Å²) in [5.41, 5.74) is 4.79. The van der Waals surface area contributed by atoms with Crippen LogP contribution in [0, 0.1) is 17.8 Å². The molecular formula is C29H32ClN3O2. The second kappa shape index (κ2) is 9.02. The number of aromatic nitrogens is 2. The third-order valence-corrected chi connectivity index (χ3v) is 8.69. The Balaban J connectivity index is 1.14. The molecule has 0 amide bonds. The van der Waals surface area contributed by atoms with Crippen LogP contribution in [0.2, 0.25) is 5.02 Å². The minimum Gasteiger partial charge on any atom is -0.460 e. The van der Waals surface area contributed by atoms with Crippen LogP contribution in [0.3, 0.4) is 0 Å². The van der Waals surface area contributed by atoms with E-state index >= 15 is 0 Å². The van der Waals surface area contributed by atoms with Gasteiger partial charge in [-0.2, -0.15) is 0 Å². The number of hydrogen-bond donors (Lipinski definition) is 1. The molecule has 4 aliphatic carbocycles. The highest BCUT2D eigenvalue weighted by atomic mass is 35.5. The van der Waals surface area contributed by atoms with Crippen molar-refractivity contribution in [3.05, 3.63) is 76.8 Å². The Labute approximate surface area is 211 Å². The molecular weight excluding hydrogens is 458 g/mol. The zero-order valence-electron chi connectivity index (χ0n) is 20.2. The van der Waals surface area contributed by atoms with Crippen LogP contribution in [0.25, 0.3) is 0 Å². The minimum absolute atomic E-state index is 0.319. The molecule has 4 aliphatic rings. The lowest BCUT2D eigenvalue weighted by Crippen LogP contribution is -2.48. The van der Waals surface area contributed by atoms with Gasteiger partial charge in [-0.15, -0.1) is 0 Å². The zero-order valence-corrected chi connectivity index (χ0v) is 20.9. The highest BCUT2D eigenvalue weighted by molar-refractivity contribution is 6.33. The Morgan fingerprint density at radius 1 is 1.09 bits per heavy atom. The fourth-order valence-corrected chi connectivity index (χ4v) is 7.51. The number of nitrogens with zero attached hydrogens (tertiary/aromatic N) is 2. The smallest absolute Gasteiger partial charge is 0.374 e. The van der Waals surface area contributed by atoms with Crippen LogP contribution in [0.1, 0.15) is 67.2 Å². The van der Waals surface area contributed by atoms with E-state index in [4.69, 9.17) is 16.3 Å². The summed E-state index contributed by atoms with van der Waals surface area (Å²) in [6.45, 7) is 2.67. The van der Waals surface area contributed by atoms with E-state index in [1.54, 1.807) is 23.9 Å². The number of carbonyl (C=O) groups is 1. The number of carbonyl (C=O) groups excluding carboxylic acids is 1. The van der Waals surface area contributed by atoms with Crippen LogP contribution in [-0.4, -0.2) is 22.1 Å². The van der Waals surface area contributed by atoms with E-state index in [0.29, 0.717) is 24.4 Å². The molecule has 0 atom stereocenters. The molecule has 0 radical (unpaired) electrons. The van der Waals surface area contributed by atoms with E-state index < -0.39 is 5.97 Å². The maximum absolute atomic E-state index is 12.1. The van der Waals surface area contributed by atoms with Gasteiger partial charge in [-0.1, -0.05) is 29.8 Å². The van der Waals surface area contributed by atoms with Gasteiger partial charge in [0.2, 0.25) is 5.82 Å². The maximum atomic E-state index is 12.1. The number of halogens is 1. The van der Waals surface area contributed by atoms with E-state index in [0.717, 1.165) is 39.7 Å². The number of hydrogen-bond acceptors (Lipinski definition) is 4. The first-order valence-electron chi connectivity index (χ1n) is 12.9. The molecule has 0 unspecified atom stereocenters. The molecule has 6 heteroatoms. The summed E-state index contributed by atoms with van der Waals surface area (Å²) in [5, 5.41) is 4.27. The fraction of sp³-hybridized carbons (Fsp3) is 0.448. The van der Waals surface area contributed by atoms with Crippen LogP contribution in [-0.2, 0) is 16.7 Å². The second-order valence-corrected chi connectivity index (χ2v) is 11.2. The summed E-state index contributed by atoms with van der Waals surface area (Å²) in [4.78, 5) is 16.2. The first-order valence-corrected chi connectivity index (χ1v) is 13.2. The molecule has 3 aromatic rings. The van der Waals surface area contributed by atoms with Gasteiger partial charge in [0.25, 0.3) is 0 Å². The average Bonchev–Trinajstić information content (AvgIpc) is 3.29. The van der Waals surface area contributed by atoms with Crippen molar-refractivity contribution in [2.24, 2.45) is 17.8 Å². The molecule has 0 saturated heterocycles. The van der Waals surface area contributed by atoms with Crippen LogP contribution in [0.15, 0.2) is 54.9 Å². The molecule has 182 valence electrons. The Morgan fingerprint density at radius 2 is 1.77 bits per heavy atom. The Kier molecular flexibility index (Phi) is 5.84. The van der Waals surface area contributed by atoms with Gasteiger partial charge >= 0.3 is 5.97 Å². The monoisotopic (exact) mass is 489 g/mol. The number of imidazole rings is 1. The van der Waals surface area contributed by atoms with Gasteiger partial charge in [0, 0.05) is 24.6 Å². The van der Waals surface area contributed by atoms with Crippen molar-refractivity contribution in [2.75, 3.05) is 11.9 Å². The maximum Gasteiger partial charge on any atom is 0.374 e. The van der Waals surface area contributed by atoms with E-state index in [-0.39, 0.29) is 0 Å². The second-order valence-electron chi connectivity index (χ2n) is 10.8. The van der Waals surface area contributed by atoms with E-state index in [1.165, 1.54) is 44.1 Å². The topological polar surface area (TPSA) is 56.1 Å². The van der Waals surface area contributed by atoms with Crippen LogP contribution in [0.5, 0.6) is 0 Å². The molecule has 7 rings (SSSR count). The highest BCUT2D eigenvalue weighted by Gasteiger charge is 2.51. The quantitative estimate of drug-likeness (QED) is 0.364. The molecule has 1 aromatic heterocycles. The fourth-order valence-electron chi connectivity index (χ4n) is 7.28. The number of anilines is 2. The molecule has 35 heavy (non-hydrogen) atoms. The molecule has 4 fully saturated rings. The SMILES string of the molecule is CCOC(=O)c1nccn1Cc1ccc(Nc2ccc(C34CC5CC(CC(C5)C3)C4)cc2Cl)cc1. The van der Waals surface area contributed by atoms with Gasteiger partial charge in [0.1, 0.15) is 0 Å². The lowest BCUT2D eigenvalue weighted by Gasteiger charge is -2.57. The van der Waals surface area contributed by atoms with Crippen molar-refractivity contribution < 1.29 is 9.53 Å². The van der Waals surface area contributed by atoms with E-state index in [2.05, 4.69) is 40.6 Å². The van der Waals surface area contributed by atoms with Crippen LogP contribution >= 0.6 is 11.6 Å². The molecule has 0 spiro atoms. The first kappa shape index (κ1) is 22.7. The summed E-state index contributed by atoms with van der Waals surface area (Å²) < 4.78 is 6.90. The normalized spacial score (nSPS) is 26.6. The van der Waals surface area contributed by atoms with Crippen molar-refractivity contribution in [1.29, 1.82) is 0 Å². The summed E-state index contributed by atoms with van der Waals surface area (Å²) >= 11 is 6.80. The third kappa shape index (κ3) is 4.35. The minimum atomic E-state index is -0.401. The Morgan fingerprint density at radius 3 is 2.40 bits per heavy atom. The van der Waals surface area contributed by atoms with E-state index in [1.807, 2.05) is 12.1 Å². The lowest BCUT2D eigenvalue weighted by molar-refractivity contribution is -0.00518. The summed E-state index contributed by atoms with van der Waals surface area (Å²) in [6.07, 6.45) is 11.8. The van der Waals surface area contributed by atoms with Crippen molar-refractivity contribution >= 4 is 28.9 Å². The number of nitrogens with one attached hydrogen (secondary N) is 1. The molecule has 5 nitrogen and oxygen atoms in total. The lowest BCUT2D eigenvalue weighted by atomic mass is 9.48. The molecule has 4 saturated carbocycles. The zero-order chi connectivity index (χ0) is 24.0. The van der Waals surface area contributed by atoms with Gasteiger partial charge in [0.15, 0.2) is 0 Å². The molecule has 2 aromatic carbocycles. The summed E-state index contributed by atoms with van der Waals surface area (Å²) in [5.74, 6) is 2.69. The highest BCUT2D eigenvalue weighted by Crippen LogP contribution is 2.61. The van der Waals surface area contributed by atoms with Crippen molar-refractivity contribution in [1.82, 2.24) is 9.55 Å². The van der Waals surface area contributed by atoms with Gasteiger partial charge in [-0.05, 0) is 104 Å². The third-order valence-electron chi connectivity index (χ3n) is 8.38. The molecule has 0 aliphatic heterocycles. The number of rotatable bonds is 7. The first-order chi connectivity index (χ1) is 17.0. The van der Waals surface area contributed by atoms with Crippen LogP contribution in [0.4, 0.5) is 11.4 Å². The number of ether oxygens (including phenoxy) is 1. The predicted octanol–water partition coefficient (Wildman–Crippen LogP) is 6.97. The predicted molar refractivity (Wildman–Crippen MR) is 138 cm³/mol. The van der Waals surface area contributed by atoms with E-state index in [9.17, 15) is 4.79 Å².